The van der Waals surface area contributed by atoms with Crippen molar-refractivity contribution >= 4 is 0 Å². The van der Waals surface area contributed by atoms with E-state index in [1.165, 1.54) is 29.5 Å². The molecule has 2 heteroatoms. The molecule has 0 amide bonds. The van der Waals surface area contributed by atoms with Crippen molar-refractivity contribution in [3.05, 3.63) is 34.9 Å². The minimum Gasteiger partial charge on any atom is -0.326 e. The van der Waals surface area contributed by atoms with Gasteiger partial charge >= 0.3 is 0 Å². The summed E-state index contributed by atoms with van der Waals surface area (Å²) in [5.41, 5.74) is 9.86. The molecule has 0 saturated heterocycles. The second kappa shape index (κ2) is 4.33. The van der Waals surface area contributed by atoms with E-state index < -0.39 is 0 Å². The van der Waals surface area contributed by atoms with Crippen LogP contribution in [0, 0.1) is 5.92 Å². The Balaban J connectivity index is 2.38. The molecule has 1 aliphatic rings. The summed E-state index contributed by atoms with van der Waals surface area (Å²) in [4.78, 5) is 0. The van der Waals surface area contributed by atoms with Gasteiger partial charge in [-0.1, -0.05) is 25.1 Å². The molecule has 2 atom stereocenters. The standard InChI is InChI=1S/C13H20N2/c1-9-3-5-11-7-10(8-14)4-6-12(11)13(9)15-2/h4,6-7,9,13,15H,3,5,8,14H2,1-2H3. The summed E-state index contributed by atoms with van der Waals surface area (Å²) in [6.45, 7) is 2.97. The Kier molecular flexibility index (Phi) is 3.08. The zero-order valence-electron chi connectivity index (χ0n) is 9.59. The number of fused-ring (bicyclic) bond motifs is 1. The fraction of sp³-hybridized carbons (Fsp3) is 0.538. The number of nitrogens with two attached hydrogens (primary N) is 1. The topological polar surface area (TPSA) is 38.0 Å². The predicted octanol–water partition coefficient (Wildman–Crippen LogP) is 1.99. The van der Waals surface area contributed by atoms with Gasteiger partial charge in [0.2, 0.25) is 0 Å². The van der Waals surface area contributed by atoms with Gasteiger partial charge in [0, 0.05) is 12.6 Å². The zero-order chi connectivity index (χ0) is 10.8. The van der Waals surface area contributed by atoms with Gasteiger partial charge in [-0.3, -0.25) is 0 Å². The van der Waals surface area contributed by atoms with Crippen molar-refractivity contribution in [3.8, 4) is 0 Å². The van der Waals surface area contributed by atoms with Crippen LogP contribution in [0.3, 0.4) is 0 Å². The van der Waals surface area contributed by atoms with E-state index in [9.17, 15) is 0 Å². The molecule has 1 aromatic carbocycles. The van der Waals surface area contributed by atoms with E-state index in [2.05, 4.69) is 30.4 Å². The average molecular weight is 204 g/mol. The van der Waals surface area contributed by atoms with Crippen LogP contribution in [0.25, 0.3) is 0 Å². The molecule has 15 heavy (non-hydrogen) atoms. The first-order valence-electron chi connectivity index (χ1n) is 5.75. The largest absolute Gasteiger partial charge is 0.326 e. The van der Waals surface area contributed by atoms with Crippen molar-refractivity contribution < 1.29 is 0 Å². The van der Waals surface area contributed by atoms with E-state index in [1.54, 1.807) is 0 Å². The summed E-state index contributed by atoms with van der Waals surface area (Å²) >= 11 is 0. The van der Waals surface area contributed by atoms with Gasteiger partial charge in [-0.15, -0.1) is 0 Å². The number of rotatable bonds is 2. The highest BCUT2D eigenvalue weighted by atomic mass is 14.9. The second-order valence-electron chi connectivity index (χ2n) is 4.52. The van der Waals surface area contributed by atoms with Crippen molar-refractivity contribution in [2.75, 3.05) is 7.05 Å². The lowest BCUT2D eigenvalue weighted by atomic mass is 9.80. The van der Waals surface area contributed by atoms with E-state index in [0.29, 0.717) is 12.6 Å². The first-order valence-corrected chi connectivity index (χ1v) is 5.75. The SMILES string of the molecule is CNC1c2ccc(CN)cc2CCC1C. The molecule has 82 valence electrons. The summed E-state index contributed by atoms with van der Waals surface area (Å²) in [5.74, 6) is 0.728. The van der Waals surface area contributed by atoms with Crippen molar-refractivity contribution in [1.82, 2.24) is 5.32 Å². The van der Waals surface area contributed by atoms with Crippen molar-refractivity contribution in [2.24, 2.45) is 11.7 Å². The molecular formula is C13H20N2. The molecule has 0 heterocycles. The fourth-order valence-electron chi connectivity index (χ4n) is 2.60. The zero-order valence-corrected chi connectivity index (χ0v) is 9.59. The van der Waals surface area contributed by atoms with Crippen molar-refractivity contribution in [3.63, 3.8) is 0 Å². The first kappa shape index (κ1) is 10.7. The normalized spacial score (nSPS) is 25.0. The maximum atomic E-state index is 5.66. The highest BCUT2D eigenvalue weighted by Gasteiger charge is 2.24. The third-order valence-electron chi connectivity index (χ3n) is 3.53. The summed E-state index contributed by atoms with van der Waals surface area (Å²) in [7, 11) is 2.05. The molecule has 2 unspecified atom stereocenters. The van der Waals surface area contributed by atoms with Crippen LogP contribution in [0.1, 0.15) is 36.1 Å². The van der Waals surface area contributed by atoms with Crippen LogP contribution in [0.15, 0.2) is 18.2 Å². The van der Waals surface area contributed by atoms with Gasteiger partial charge in [0.25, 0.3) is 0 Å². The smallest absolute Gasteiger partial charge is 0.0346 e. The lowest BCUT2D eigenvalue weighted by Gasteiger charge is -2.31. The molecule has 0 radical (unpaired) electrons. The van der Waals surface area contributed by atoms with Gasteiger partial charge in [-0.2, -0.15) is 0 Å². The Morgan fingerprint density at radius 2 is 2.27 bits per heavy atom. The molecule has 0 fully saturated rings. The van der Waals surface area contributed by atoms with E-state index in [4.69, 9.17) is 5.73 Å². The maximum absolute atomic E-state index is 5.66. The van der Waals surface area contributed by atoms with Gasteiger partial charge in [0.15, 0.2) is 0 Å². The van der Waals surface area contributed by atoms with Crippen LogP contribution < -0.4 is 11.1 Å². The molecule has 0 aliphatic heterocycles. The number of aryl methyl sites for hydroxylation is 1. The maximum Gasteiger partial charge on any atom is 0.0346 e. The van der Waals surface area contributed by atoms with Crippen LogP contribution in [-0.4, -0.2) is 7.05 Å². The van der Waals surface area contributed by atoms with E-state index >= 15 is 0 Å². The summed E-state index contributed by atoms with van der Waals surface area (Å²) in [6, 6.07) is 7.18. The third-order valence-corrected chi connectivity index (χ3v) is 3.53. The molecular weight excluding hydrogens is 184 g/mol. The molecule has 0 saturated carbocycles. The lowest BCUT2D eigenvalue weighted by Crippen LogP contribution is -2.28. The summed E-state index contributed by atoms with van der Waals surface area (Å²) in [6.07, 6.45) is 2.47. The Labute approximate surface area is 91.9 Å². The van der Waals surface area contributed by atoms with E-state index in [0.717, 1.165) is 5.92 Å². The molecule has 3 N–H and O–H groups in total. The third kappa shape index (κ3) is 1.92. The van der Waals surface area contributed by atoms with Crippen molar-refractivity contribution in [1.29, 1.82) is 0 Å². The van der Waals surface area contributed by atoms with Gasteiger partial charge in [0.05, 0.1) is 0 Å². The lowest BCUT2D eigenvalue weighted by molar-refractivity contribution is 0.364. The Morgan fingerprint density at radius 1 is 1.47 bits per heavy atom. The van der Waals surface area contributed by atoms with Crippen LogP contribution >= 0.6 is 0 Å². The molecule has 1 aliphatic carbocycles. The predicted molar refractivity (Wildman–Crippen MR) is 63.6 cm³/mol. The van der Waals surface area contributed by atoms with E-state index in [-0.39, 0.29) is 0 Å². The van der Waals surface area contributed by atoms with Gasteiger partial charge in [0.1, 0.15) is 0 Å². The number of hydrogen-bond donors (Lipinski definition) is 2. The molecule has 0 spiro atoms. The Hall–Kier alpha value is -0.860. The Bertz CT molecular complexity index is 346. The van der Waals surface area contributed by atoms with E-state index in [1.807, 2.05) is 7.05 Å². The van der Waals surface area contributed by atoms with Gasteiger partial charge in [-0.05, 0) is 42.5 Å². The second-order valence-corrected chi connectivity index (χ2v) is 4.52. The highest BCUT2D eigenvalue weighted by molar-refractivity contribution is 5.36. The van der Waals surface area contributed by atoms with Crippen molar-refractivity contribution in [2.45, 2.75) is 32.4 Å². The fourth-order valence-corrected chi connectivity index (χ4v) is 2.60. The van der Waals surface area contributed by atoms with Crippen LogP contribution in [-0.2, 0) is 13.0 Å². The molecule has 0 aromatic heterocycles. The van der Waals surface area contributed by atoms with Gasteiger partial charge < -0.3 is 11.1 Å². The number of nitrogens with one attached hydrogen (secondary N) is 1. The monoisotopic (exact) mass is 204 g/mol. The van der Waals surface area contributed by atoms with Crippen LogP contribution in [0.5, 0.6) is 0 Å². The van der Waals surface area contributed by atoms with Crippen LogP contribution in [0.2, 0.25) is 0 Å². The number of hydrogen-bond acceptors (Lipinski definition) is 2. The highest BCUT2D eigenvalue weighted by Crippen LogP contribution is 2.34. The quantitative estimate of drug-likeness (QED) is 0.773. The molecule has 2 nitrogen and oxygen atoms in total. The number of benzene rings is 1. The molecule has 1 aromatic rings. The summed E-state index contributed by atoms with van der Waals surface area (Å²) < 4.78 is 0. The minimum absolute atomic E-state index is 0.514. The Morgan fingerprint density at radius 3 is 2.93 bits per heavy atom. The average Bonchev–Trinajstić information content (AvgIpc) is 2.28. The molecule has 2 rings (SSSR count). The van der Waals surface area contributed by atoms with Gasteiger partial charge in [-0.25, -0.2) is 0 Å². The first-order chi connectivity index (χ1) is 7.26. The summed E-state index contributed by atoms with van der Waals surface area (Å²) in [5, 5.41) is 3.42. The minimum atomic E-state index is 0.514. The van der Waals surface area contributed by atoms with Crippen LogP contribution in [0.4, 0.5) is 0 Å². The molecule has 0 bridgehead atoms.